The van der Waals surface area contributed by atoms with E-state index in [0.717, 1.165) is 32.7 Å². The van der Waals surface area contributed by atoms with E-state index in [9.17, 15) is 27.6 Å². The molecule has 0 radical (unpaired) electrons. The zero-order chi connectivity index (χ0) is 26.7. The van der Waals surface area contributed by atoms with Gasteiger partial charge >= 0.3 is 11.0 Å². The van der Waals surface area contributed by atoms with Crippen molar-refractivity contribution in [3.63, 3.8) is 0 Å². The largest absolute Gasteiger partial charge is 0.418 e. The van der Waals surface area contributed by atoms with Crippen molar-refractivity contribution in [3.05, 3.63) is 78.2 Å². The second-order valence-corrected chi connectivity index (χ2v) is 13.1. The summed E-state index contributed by atoms with van der Waals surface area (Å²) in [7, 11) is 0. The molecule has 7 rings (SSSR count). The van der Waals surface area contributed by atoms with Crippen molar-refractivity contribution in [1.29, 1.82) is 0 Å². The molecule has 5 nitrogen and oxygen atoms in total. The van der Waals surface area contributed by atoms with Gasteiger partial charge in [0.2, 0.25) is 11.8 Å². The molecule has 2 amide bonds. The summed E-state index contributed by atoms with van der Waals surface area (Å²) < 4.78 is 41.4. The number of hydrogen-bond acceptors (Lipinski definition) is 5. The molecule has 3 fully saturated rings. The first-order valence-corrected chi connectivity index (χ1v) is 14.4. The van der Waals surface area contributed by atoms with Crippen molar-refractivity contribution in [1.82, 2.24) is 4.98 Å². The number of halogens is 5. The number of fused-ring (bicyclic) bond motifs is 9. The highest BCUT2D eigenvalue weighted by molar-refractivity contribution is 8.00. The number of aromatic nitrogens is 1. The topological polar surface area (TPSA) is 70.2 Å². The zero-order valence-electron chi connectivity index (χ0n) is 19.2. The van der Waals surface area contributed by atoms with E-state index in [2.05, 4.69) is 4.98 Å². The van der Waals surface area contributed by atoms with Gasteiger partial charge in [-0.2, -0.15) is 13.2 Å². The van der Waals surface area contributed by atoms with Crippen LogP contribution < -0.4 is 9.77 Å². The molecule has 1 aromatic heterocycles. The van der Waals surface area contributed by atoms with Gasteiger partial charge in [0.15, 0.2) is 0 Å². The fourth-order valence-corrected chi connectivity index (χ4v) is 10.6. The second kappa shape index (κ2) is 8.36. The maximum Gasteiger partial charge on any atom is 0.418 e. The number of hydrogen-bond donors (Lipinski definition) is 1. The molecule has 38 heavy (non-hydrogen) atoms. The molecule has 1 N–H and O–H groups in total. The Bertz CT molecular complexity index is 1590. The summed E-state index contributed by atoms with van der Waals surface area (Å²) in [6.45, 7) is 0. The van der Waals surface area contributed by atoms with Crippen LogP contribution in [0.25, 0.3) is 0 Å². The number of amides is 2. The monoisotopic (exact) mass is 596 g/mol. The number of nitrogens with one attached hydrogen (secondary N) is 1. The Morgan fingerprint density at radius 3 is 2.39 bits per heavy atom. The molecular formula is C26H17Cl2F3N2O3S2. The van der Waals surface area contributed by atoms with Crippen LogP contribution in [0.5, 0.6) is 0 Å². The third kappa shape index (κ3) is 3.29. The summed E-state index contributed by atoms with van der Waals surface area (Å²) in [5, 5.41) is 1.33. The SMILES string of the molecule is O=C1C2C3CC(C2C(=O)N1c1ccccc1C(F)(F)F)C1C3Sc2[nH]c(=O)sc2[C@@H]1c1cccc(Cl)c1Cl. The minimum absolute atomic E-state index is 0.117. The molecule has 2 aliphatic heterocycles. The number of nitrogens with zero attached hydrogens (tertiary/aromatic N) is 1. The Morgan fingerprint density at radius 1 is 0.947 bits per heavy atom. The third-order valence-electron chi connectivity index (χ3n) is 8.49. The van der Waals surface area contributed by atoms with E-state index in [4.69, 9.17) is 23.2 Å². The van der Waals surface area contributed by atoms with Crippen LogP contribution in [-0.4, -0.2) is 22.0 Å². The van der Waals surface area contributed by atoms with Gasteiger partial charge in [0, 0.05) is 16.0 Å². The predicted octanol–water partition coefficient (Wildman–Crippen LogP) is 6.44. The summed E-state index contributed by atoms with van der Waals surface area (Å²) in [6, 6.07) is 10.0. The zero-order valence-corrected chi connectivity index (χ0v) is 22.3. The molecule has 2 aromatic carbocycles. The van der Waals surface area contributed by atoms with Crippen LogP contribution in [0.1, 0.15) is 28.3 Å². The maximum atomic E-state index is 13.8. The van der Waals surface area contributed by atoms with Crippen LogP contribution >= 0.6 is 46.3 Å². The summed E-state index contributed by atoms with van der Waals surface area (Å²) >= 11 is 15.6. The molecule has 6 unspecified atom stereocenters. The number of aromatic amines is 1. The van der Waals surface area contributed by atoms with E-state index < -0.39 is 41.1 Å². The molecule has 196 valence electrons. The Morgan fingerprint density at radius 2 is 1.66 bits per heavy atom. The Hall–Kier alpha value is -2.27. The number of thioether (sulfide) groups is 1. The standard InChI is InChI=1S/C26H17Cl2F3N2O3S2/c27-13-6-3-4-9(19(13)28)15-16-10-8-11(20(16)37-22-21(15)38-25(36)32-22)18-17(10)23(34)33(24(18)35)14-7-2-1-5-12(14)26(29,30)31/h1-7,10-11,15-18,20H,8H2,(H,32,36)/t10?,11?,15-,16?,17?,18?,20?/m1/s1. The molecule has 2 aliphatic carbocycles. The minimum atomic E-state index is -4.72. The molecule has 4 aliphatic rings. The van der Waals surface area contributed by atoms with Crippen LogP contribution in [0.4, 0.5) is 18.9 Å². The van der Waals surface area contributed by atoms with Gasteiger partial charge in [0.05, 0.1) is 38.2 Å². The van der Waals surface area contributed by atoms with Gasteiger partial charge in [-0.05, 0) is 47.9 Å². The molecule has 7 atom stereocenters. The average molecular weight is 597 g/mol. The Labute approximate surface area is 232 Å². The highest BCUT2D eigenvalue weighted by Crippen LogP contribution is 2.69. The number of carbonyl (C=O) groups excluding carboxylic acids is 2. The van der Waals surface area contributed by atoms with Gasteiger partial charge in [0.1, 0.15) is 0 Å². The number of benzene rings is 2. The number of rotatable bonds is 2. The number of alkyl halides is 3. The first kappa shape index (κ1) is 24.7. The van der Waals surface area contributed by atoms with Crippen molar-refractivity contribution in [2.45, 2.75) is 28.8 Å². The van der Waals surface area contributed by atoms with Crippen molar-refractivity contribution in [3.8, 4) is 0 Å². The van der Waals surface area contributed by atoms with Gasteiger partial charge in [-0.1, -0.05) is 58.8 Å². The summed E-state index contributed by atoms with van der Waals surface area (Å²) in [5.74, 6) is -3.55. The molecule has 12 heteroatoms. The van der Waals surface area contributed by atoms with Crippen LogP contribution in [-0.2, 0) is 15.8 Å². The second-order valence-electron chi connectivity index (χ2n) is 10.1. The number of imide groups is 1. The van der Waals surface area contributed by atoms with Gasteiger partial charge < -0.3 is 4.98 Å². The van der Waals surface area contributed by atoms with Crippen LogP contribution in [0, 0.1) is 29.6 Å². The number of anilines is 1. The van der Waals surface area contributed by atoms with E-state index in [-0.39, 0.29) is 33.8 Å². The number of thiazole rings is 1. The third-order valence-corrected chi connectivity index (χ3v) is 11.9. The molecule has 1 saturated heterocycles. The molecule has 0 spiro atoms. The average Bonchev–Trinajstić information content (AvgIpc) is 3.59. The molecular weight excluding hydrogens is 580 g/mol. The Kier molecular flexibility index (Phi) is 5.45. The van der Waals surface area contributed by atoms with Crippen molar-refractivity contribution in [2.75, 3.05) is 4.90 Å². The van der Waals surface area contributed by atoms with Crippen molar-refractivity contribution >= 4 is 63.8 Å². The predicted molar refractivity (Wildman–Crippen MR) is 139 cm³/mol. The fourth-order valence-electron chi connectivity index (χ4n) is 7.27. The van der Waals surface area contributed by atoms with E-state index >= 15 is 0 Å². The fraction of sp³-hybridized carbons (Fsp3) is 0.346. The molecule has 3 aromatic rings. The lowest BCUT2D eigenvalue weighted by molar-refractivity contribution is -0.137. The quantitative estimate of drug-likeness (QED) is 0.346. The first-order chi connectivity index (χ1) is 18.1. The Balaban J connectivity index is 1.34. The molecule has 2 bridgehead atoms. The first-order valence-electron chi connectivity index (χ1n) is 12.0. The summed E-state index contributed by atoms with van der Waals surface area (Å²) in [5.41, 5.74) is -0.687. The maximum absolute atomic E-state index is 13.8. The van der Waals surface area contributed by atoms with Crippen molar-refractivity contribution < 1.29 is 22.8 Å². The van der Waals surface area contributed by atoms with Gasteiger partial charge in [-0.15, -0.1) is 11.8 Å². The van der Waals surface area contributed by atoms with Crippen molar-refractivity contribution in [2.24, 2.45) is 29.6 Å². The highest BCUT2D eigenvalue weighted by atomic mass is 35.5. The lowest BCUT2D eigenvalue weighted by Crippen LogP contribution is -2.42. The van der Waals surface area contributed by atoms with E-state index in [1.807, 2.05) is 6.07 Å². The summed E-state index contributed by atoms with van der Waals surface area (Å²) in [4.78, 5) is 44.1. The number of carbonyl (C=O) groups is 2. The van der Waals surface area contributed by atoms with E-state index in [1.165, 1.54) is 30.0 Å². The van der Waals surface area contributed by atoms with Gasteiger partial charge in [-0.25, -0.2) is 4.90 Å². The molecule has 2 saturated carbocycles. The smallest absolute Gasteiger partial charge is 0.307 e. The van der Waals surface area contributed by atoms with Gasteiger partial charge in [-0.3, -0.25) is 14.4 Å². The lowest BCUT2D eigenvalue weighted by atomic mass is 9.68. The normalized spacial score (nSPS) is 31.5. The van der Waals surface area contributed by atoms with Crippen LogP contribution in [0.15, 0.2) is 52.3 Å². The number of para-hydroxylation sites is 1. The van der Waals surface area contributed by atoms with Gasteiger partial charge in [0.25, 0.3) is 0 Å². The minimum Gasteiger partial charge on any atom is -0.307 e. The van der Waals surface area contributed by atoms with E-state index in [0.29, 0.717) is 21.5 Å². The van der Waals surface area contributed by atoms with Crippen LogP contribution in [0.3, 0.4) is 0 Å². The number of H-pyrrole nitrogens is 1. The highest BCUT2D eigenvalue weighted by Gasteiger charge is 2.70. The lowest BCUT2D eigenvalue weighted by Gasteiger charge is -2.43. The summed E-state index contributed by atoms with van der Waals surface area (Å²) in [6.07, 6.45) is -4.11. The van der Waals surface area contributed by atoms with E-state index in [1.54, 1.807) is 12.1 Å². The van der Waals surface area contributed by atoms with Crippen LogP contribution in [0.2, 0.25) is 10.0 Å². The molecule has 3 heterocycles.